The van der Waals surface area contributed by atoms with Gasteiger partial charge in [0.15, 0.2) is 5.82 Å². The molecule has 1 amide bonds. The Labute approximate surface area is 223 Å². The molecule has 0 radical (unpaired) electrons. The minimum absolute atomic E-state index is 0.182. The predicted molar refractivity (Wildman–Crippen MR) is 143 cm³/mol. The molecule has 1 fully saturated rings. The number of piperidine rings is 1. The molecule has 0 unspecified atom stereocenters. The smallest absolute Gasteiger partial charge is 0.351 e. The molecule has 3 aromatic carbocycles. The van der Waals surface area contributed by atoms with Gasteiger partial charge in [-0.2, -0.15) is 13.2 Å². The normalized spacial score (nSPS) is 14.9. The summed E-state index contributed by atoms with van der Waals surface area (Å²) in [7, 11) is 2.11. The molecular formula is C29H27F4N5O. The fraction of sp³-hybridized carbons (Fsp3) is 0.276. The van der Waals surface area contributed by atoms with Crippen molar-refractivity contribution in [3.63, 3.8) is 0 Å². The van der Waals surface area contributed by atoms with Crippen LogP contribution in [0.3, 0.4) is 0 Å². The van der Waals surface area contributed by atoms with Crippen molar-refractivity contribution in [2.24, 2.45) is 0 Å². The number of carbonyl (C=O) groups excluding carboxylic acids is 1. The number of nitrogens with one attached hydrogen (secondary N) is 2. The van der Waals surface area contributed by atoms with Crippen molar-refractivity contribution in [1.82, 2.24) is 14.9 Å². The molecule has 2 N–H and O–H groups in total. The average molecular weight is 538 g/mol. The Bertz CT molecular complexity index is 1530. The lowest BCUT2D eigenvalue weighted by molar-refractivity contribution is -0.139. The number of fused-ring (bicyclic) bond motifs is 1. The fourth-order valence-corrected chi connectivity index (χ4v) is 4.72. The van der Waals surface area contributed by atoms with Crippen molar-refractivity contribution >= 4 is 28.4 Å². The molecule has 10 heteroatoms. The minimum atomic E-state index is -4.87. The Morgan fingerprint density at radius 3 is 2.56 bits per heavy atom. The van der Waals surface area contributed by atoms with Crippen LogP contribution < -0.4 is 10.6 Å². The number of aryl methyl sites for hydroxylation is 1. The van der Waals surface area contributed by atoms with E-state index in [0.717, 1.165) is 65.7 Å². The van der Waals surface area contributed by atoms with Gasteiger partial charge in [-0.15, -0.1) is 0 Å². The lowest BCUT2D eigenvalue weighted by atomic mass is 9.97. The largest absolute Gasteiger partial charge is 0.419 e. The maximum Gasteiger partial charge on any atom is 0.419 e. The first-order chi connectivity index (χ1) is 18.6. The standard InChI is InChI=1S/C29H27F4N5O/c1-17-6-7-19(27(39)36-25-5-3-4-23(26(25)30)29(31,32)33)15-22(17)18-8-9-24-20(14-18)16-34-28(37-24)35-21-10-12-38(2)13-11-21/h3-9,14-16,21H,10-13H2,1-2H3,(H,36,39)(H,34,35,37). The topological polar surface area (TPSA) is 70.2 Å². The maximum absolute atomic E-state index is 14.4. The van der Waals surface area contributed by atoms with Crippen molar-refractivity contribution in [2.75, 3.05) is 30.8 Å². The summed E-state index contributed by atoms with van der Waals surface area (Å²) in [5.41, 5.74) is 1.44. The van der Waals surface area contributed by atoms with Crippen LogP contribution >= 0.6 is 0 Å². The van der Waals surface area contributed by atoms with Crippen molar-refractivity contribution in [3.8, 4) is 11.1 Å². The summed E-state index contributed by atoms with van der Waals surface area (Å²) in [6, 6.07) is 13.7. The third-order valence-electron chi connectivity index (χ3n) is 6.99. The molecule has 0 saturated carbocycles. The summed E-state index contributed by atoms with van der Waals surface area (Å²) < 4.78 is 53.6. The number of benzene rings is 3. The highest BCUT2D eigenvalue weighted by Gasteiger charge is 2.35. The van der Waals surface area contributed by atoms with Crippen LogP contribution in [-0.2, 0) is 6.18 Å². The number of likely N-dealkylation sites (tertiary alicyclic amines) is 1. The van der Waals surface area contributed by atoms with E-state index in [9.17, 15) is 22.4 Å². The first-order valence-electron chi connectivity index (χ1n) is 12.6. The van der Waals surface area contributed by atoms with E-state index in [2.05, 4.69) is 32.5 Å². The summed E-state index contributed by atoms with van der Waals surface area (Å²) in [4.78, 5) is 24.3. The van der Waals surface area contributed by atoms with E-state index in [1.807, 2.05) is 25.1 Å². The monoisotopic (exact) mass is 537 g/mol. The van der Waals surface area contributed by atoms with E-state index in [1.165, 1.54) is 0 Å². The Hall–Kier alpha value is -4.05. The summed E-state index contributed by atoms with van der Waals surface area (Å²) in [6.07, 6.45) is -1.06. The van der Waals surface area contributed by atoms with Gasteiger partial charge in [-0.1, -0.05) is 18.2 Å². The van der Waals surface area contributed by atoms with Crippen molar-refractivity contribution in [3.05, 3.63) is 83.3 Å². The Morgan fingerprint density at radius 1 is 1.05 bits per heavy atom. The second-order valence-corrected chi connectivity index (χ2v) is 9.84. The molecule has 6 nitrogen and oxygen atoms in total. The molecule has 1 saturated heterocycles. The van der Waals surface area contributed by atoms with Gasteiger partial charge in [-0.25, -0.2) is 14.4 Å². The number of amides is 1. The first kappa shape index (κ1) is 26.6. The number of alkyl halides is 3. The number of carbonyl (C=O) groups is 1. The van der Waals surface area contributed by atoms with Crippen LogP contribution in [0.4, 0.5) is 29.2 Å². The van der Waals surface area contributed by atoms with Crippen LogP contribution in [0, 0.1) is 12.7 Å². The highest BCUT2D eigenvalue weighted by molar-refractivity contribution is 6.05. The molecule has 1 aliphatic rings. The second kappa shape index (κ2) is 10.6. The number of anilines is 2. The van der Waals surface area contributed by atoms with E-state index in [0.29, 0.717) is 18.1 Å². The van der Waals surface area contributed by atoms with Crippen molar-refractivity contribution < 1.29 is 22.4 Å². The van der Waals surface area contributed by atoms with Crippen LogP contribution in [0.1, 0.15) is 34.3 Å². The fourth-order valence-electron chi connectivity index (χ4n) is 4.72. The van der Waals surface area contributed by atoms with Crippen molar-refractivity contribution in [1.29, 1.82) is 0 Å². The SMILES string of the molecule is Cc1ccc(C(=O)Nc2cccc(C(F)(F)F)c2F)cc1-c1ccc2nc(NC3CCN(C)CC3)ncc2c1. The number of nitrogens with zero attached hydrogens (tertiary/aromatic N) is 3. The number of hydrogen-bond acceptors (Lipinski definition) is 5. The number of aromatic nitrogens is 2. The van der Waals surface area contributed by atoms with Gasteiger partial charge in [-0.3, -0.25) is 4.79 Å². The van der Waals surface area contributed by atoms with E-state index >= 15 is 0 Å². The van der Waals surface area contributed by atoms with Crippen LogP contribution in [0.15, 0.2) is 60.8 Å². The Kier molecular flexibility index (Phi) is 7.22. The molecule has 1 aromatic heterocycles. The van der Waals surface area contributed by atoms with Crippen LogP contribution in [0.5, 0.6) is 0 Å². The van der Waals surface area contributed by atoms with E-state index in [-0.39, 0.29) is 5.56 Å². The van der Waals surface area contributed by atoms with Gasteiger partial charge in [0.1, 0.15) is 0 Å². The highest BCUT2D eigenvalue weighted by atomic mass is 19.4. The average Bonchev–Trinajstić information content (AvgIpc) is 2.90. The molecular weight excluding hydrogens is 510 g/mol. The van der Waals surface area contributed by atoms with Crippen LogP contribution in [-0.4, -0.2) is 47.0 Å². The molecule has 4 aromatic rings. The molecule has 0 atom stereocenters. The molecule has 2 heterocycles. The van der Waals surface area contributed by atoms with E-state index in [4.69, 9.17) is 0 Å². The molecule has 1 aliphatic heterocycles. The molecule has 0 spiro atoms. The van der Waals surface area contributed by atoms with Gasteiger partial charge in [-0.05, 0) is 93.0 Å². The zero-order chi connectivity index (χ0) is 27.7. The summed E-state index contributed by atoms with van der Waals surface area (Å²) in [5, 5.41) is 6.51. The maximum atomic E-state index is 14.4. The van der Waals surface area contributed by atoms with Gasteiger partial charge in [0.05, 0.1) is 16.8 Å². The molecule has 202 valence electrons. The number of rotatable bonds is 5. The lowest BCUT2D eigenvalue weighted by Crippen LogP contribution is -2.37. The summed E-state index contributed by atoms with van der Waals surface area (Å²) in [6.45, 7) is 3.94. The zero-order valence-electron chi connectivity index (χ0n) is 21.4. The summed E-state index contributed by atoms with van der Waals surface area (Å²) >= 11 is 0. The minimum Gasteiger partial charge on any atom is -0.351 e. The van der Waals surface area contributed by atoms with E-state index < -0.39 is 29.2 Å². The molecule has 5 rings (SSSR count). The summed E-state index contributed by atoms with van der Waals surface area (Å²) in [5.74, 6) is -1.66. The molecule has 39 heavy (non-hydrogen) atoms. The number of halogens is 4. The lowest BCUT2D eigenvalue weighted by Gasteiger charge is -2.29. The van der Waals surface area contributed by atoms with Crippen LogP contribution in [0.25, 0.3) is 22.0 Å². The Balaban J connectivity index is 1.37. The van der Waals surface area contributed by atoms with Gasteiger partial charge < -0.3 is 15.5 Å². The van der Waals surface area contributed by atoms with E-state index in [1.54, 1.807) is 24.4 Å². The van der Waals surface area contributed by atoms with Gasteiger partial charge >= 0.3 is 6.18 Å². The predicted octanol–water partition coefficient (Wildman–Crippen LogP) is 6.52. The molecule has 0 aliphatic carbocycles. The quantitative estimate of drug-likeness (QED) is 0.284. The highest BCUT2D eigenvalue weighted by Crippen LogP contribution is 2.34. The molecule has 0 bridgehead atoms. The second-order valence-electron chi connectivity index (χ2n) is 9.84. The number of hydrogen-bond donors (Lipinski definition) is 2. The van der Waals surface area contributed by atoms with Crippen molar-refractivity contribution in [2.45, 2.75) is 32.0 Å². The van der Waals surface area contributed by atoms with Gasteiger partial charge in [0.25, 0.3) is 5.91 Å². The van der Waals surface area contributed by atoms with Gasteiger partial charge in [0, 0.05) is 23.2 Å². The Morgan fingerprint density at radius 2 is 1.82 bits per heavy atom. The zero-order valence-corrected chi connectivity index (χ0v) is 21.4. The first-order valence-corrected chi connectivity index (χ1v) is 12.6. The third kappa shape index (κ3) is 5.85. The van der Waals surface area contributed by atoms with Gasteiger partial charge in [0.2, 0.25) is 5.95 Å². The third-order valence-corrected chi connectivity index (χ3v) is 6.99. The van der Waals surface area contributed by atoms with Crippen LogP contribution in [0.2, 0.25) is 0 Å².